The first-order chi connectivity index (χ1) is 18.5. The van der Waals surface area contributed by atoms with E-state index in [1.807, 2.05) is 95.9 Å². The van der Waals surface area contributed by atoms with Crippen molar-refractivity contribution in [2.24, 2.45) is 0 Å². The van der Waals surface area contributed by atoms with Gasteiger partial charge in [-0.05, 0) is 49.1 Å². The number of hydrogen-bond donors (Lipinski definition) is 2. The number of amides is 2. The summed E-state index contributed by atoms with van der Waals surface area (Å²) in [5, 5.41) is 22.2. The van der Waals surface area contributed by atoms with Crippen LogP contribution < -0.4 is 4.90 Å². The van der Waals surface area contributed by atoms with Crippen molar-refractivity contribution in [2.45, 2.75) is 49.8 Å². The molecule has 3 fully saturated rings. The van der Waals surface area contributed by atoms with Gasteiger partial charge in [-0.3, -0.25) is 4.79 Å². The van der Waals surface area contributed by atoms with Crippen LogP contribution in [0.15, 0.2) is 91.0 Å². The summed E-state index contributed by atoms with van der Waals surface area (Å²) >= 11 is 0. The molecule has 3 aliphatic heterocycles. The lowest BCUT2D eigenvalue weighted by Crippen LogP contribution is -2.69. The van der Waals surface area contributed by atoms with Gasteiger partial charge in [-0.25, -0.2) is 9.69 Å². The second kappa shape index (κ2) is 10.1. The summed E-state index contributed by atoms with van der Waals surface area (Å²) in [5.41, 5.74) is 2.62. The molecule has 2 N–H and O–H groups in total. The van der Waals surface area contributed by atoms with Crippen LogP contribution in [0.1, 0.15) is 30.9 Å². The largest absolute Gasteiger partial charge is 0.480 e. The van der Waals surface area contributed by atoms with Gasteiger partial charge in [0.25, 0.3) is 0 Å². The maximum absolute atomic E-state index is 13.8. The van der Waals surface area contributed by atoms with Crippen molar-refractivity contribution >= 4 is 23.4 Å². The molecule has 6 rings (SSSR count). The first-order valence-corrected chi connectivity index (χ1v) is 13.2. The molecule has 2 amide bonds. The Hall–Kier alpha value is -3.88. The molecule has 0 radical (unpaired) electrons. The molecule has 3 saturated heterocycles. The molecule has 3 aliphatic rings. The highest BCUT2D eigenvalue weighted by Crippen LogP contribution is 2.41. The zero-order valence-corrected chi connectivity index (χ0v) is 21.1. The topological polar surface area (TPSA) is 87.6 Å². The minimum Gasteiger partial charge on any atom is -0.480 e. The summed E-state index contributed by atoms with van der Waals surface area (Å²) < 4.78 is 0. The van der Waals surface area contributed by atoms with Crippen LogP contribution in [0.5, 0.6) is 0 Å². The van der Waals surface area contributed by atoms with Crippen molar-refractivity contribution in [1.82, 2.24) is 14.7 Å². The van der Waals surface area contributed by atoms with Gasteiger partial charge in [0.2, 0.25) is 0 Å². The molecular weight excluding hydrogens is 480 g/mol. The van der Waals surface area contributed by atoms with Gasteiger partial charge in [-0.2, -0.15) is 0 Å². The van der Waals surface area contributed by atoms with E-state index in [0.29, 0.717) is 19.4 Å². The van der Waals surface area contributed by atoms with Crippen molar-refractivity contribution in [3.8, 4) is 0 Å². The number of nitrogens with zero attached hydrogens (tertiary/aromatic N) is 4. The van der Waals surface area contributed by atoms with E-state index in [1.165, 1.54) is 0 Å². The van der Waals surface area contributed by atoms with E-state index in [2.05, 4.69) is 0 Å². The molecule has 0 spiro atoms. The average Bonchev–Trinajstić information content (AvgIpc) is 3.22. The summed E-state index contributed by atoms with van der Waals surface area (Å²) in [5.74, 6) is -1.03. The Morgan fingerprint density at radius 3 is 1.92 bits per heavy atom. The smallest absolute Gasteiger partial charge is 0.323 e. The van der Waals surface area contributed by atoms with Gasteiger partial charge < -0.3 is 24.9 Å². The first-order valence-electron chi connectivity index (χ1n) is 13.2. The lowest BCUT2D eigenvalue weighted by molar-refractivity contribution is -0.156. The number of para-hydroxylation sites is 2. The molecule has 2 bridgehead atoms. The molecule has 5 atom stereocenters. The third kappa shape index (κ3) is 4.19. The third-order valence-corrected chi connectivity index (χ3v) is 8.21. The lowest BCUT2D eigenvalue weighted by atomic mass is 9.94. The van der Waals surface area contributed by atoms with Crippen LogP contribution in [0.25, 0.3) is 0 Å². The fourth-order valence-corrected chi connectivity index (χ4v) is 6.35. The number of carbonyl (C=O) groups is 2. The molecule has 0 aliphatic carbocycles. The Labute approximate surface area is 222 Å². The number of carboxylic acid groups (broad SMARTS) is 1. The Morgan fingerprint density at radius 1 is 0.816 bits per heavy atom. The van der Waals surface area contributed by atoms with E-state index in [1.54, 1.807) is 14.7 Å². The highest BCUT2D eigenvalue weighted by atomic mass is 16.4. The maximum atomic E-state index is 13.8. The summed E-state index contributed by atoms with van der Waals surface area (Å²) in [4.78, 5) is 33.6. The van der Waals surface area contributed by atoms with Crippen LogP contribution in [-0.2, 0) is 4.79 Å². The van der Waals surface area contributed by atoms with E-state index in [-0.39, 0.29) is 24.7 Å². The van der Waals surface area contributed by atoms with Crippen LogP contribution in [0.3, 0.4) is 0 Å². The number of hydrogen-bond acceptors (Lipinski definition) is 5. The zero-order chi connectivity index (χ0) is 26.2. The minimum absolute atomic E-state index is 0.0154. The molecule has 3 heterocycles. The average molecular weight is 513 g/mol. The van der Waals surface area contributed by atoms with Crippen LogP contribution in [-0.4, -0.2) is 74.5 Å². The summed E-state index contributed by atoms with van der Waals surface area (Å²) in [6.07, 6.45) is 0.985. The fourth-order valence-electron chi connectivity index (χ4n) is 6.35. The number of anilines is 2. The fraction of sp³-hybridized carbons (Fsp3) is 0.333. The van der Waals surface area contributed by atoms with E-state index in [9.17, 15) is 19.8 Å². The lowest BCUT2D eigenvalue weighted by Gasteiger charge is -2.51. The molecular formula is C30H32N4O4. The normalized spacial score (nSPS) is 25.5. The quantitative estimate of drug-likeness (QED) is 0.480. The number of likely N-dealkylation sites (tertiary alicyclic amines) is 2. The van der Waals surface area contributed by atoms with Crippen LogP contribution in [0, 0.1) is 0 Å². The van der Waals surface area contributed by atoms with Crippen molar-refractivity contribution in [3.63, 3.8) is 0 Å². The molecule has 38 heavy (non-hydrogen) atoms. The summed E-state index contributed by atoms with van der Waals surface area (Å²) in [6, 6.07) is 27.2. The van der Waals surface area contributed by atoms with E-state index in [0.717, 1.165) is 23.4 Å². The van der Waals surface area contributed by atoms with E-state index in [4.69, 9.17) is 0 Å². The van der Waals surface area contributed by atoms with Gasteiger partial charge in [0.1, 0.15) is 6.04 Å². The standard InChI is InChI=1S/C30H32N4O4/c35-28(36)27-26-17-16-24(34(26)29(37)31-19-18-25(31)21-10-4-1-5-11-21)20-32(27)30(38)33(22-12-6-2-7-13-22)23-14-8-3-9-15-23/h1-15,24-27,30,38H,16-20H2,(H,35,36)/t24-,25?,26+,27-,30?/m0/s1. The number of benzene rings is 3. The number of aliphatic hydroxyl groups excluding tert-OH is 1. The van der Waals surface area contributed by atoms with Crippen LogP contribution in [0.4, 0.5) is 16.2 Å². The molecule has 0 aromatic heterocycles. The predicted octanol–water partition coefficient (Wildman–Crippen LogP) is 4.27. The van der Waals surface area contributed by atoms with E-state index >= 15 is 0 Å². The van der Waals surface area contributed by atoms with Crippen LogP contribution >= 0.6 is 0 Å². The number of carbonyl (C=O) groups excluding carboxylic acids is 1. The van der Waals surface area contributed by atoms with E-state index < -0.39 is 24.4 Å². The monoisotopic (exact) mass is 512 g/mol. The van der Waals surface area contributed by atoms with Gasteiger partial charge in [-0.1, -0.05) is 66.7 Å². The summed E-state index contributed by atoms with van der Waals surface area (Å²) in [7, 11) is 0. The van der Waals surface area contributed by atoms with Crippen molar-refractivity contribution in [3.05, 3.63) is 96.6 Å². The van der Waals surface area contributed by atoms with Crippen molar-refractivity contribution < 1.29 is 19.8 Å². The number of fused-ring (bicyclic) bond motifs is 2. The number of aliphatic hydroxyl groups is 1. The molecule has 8 heteroatoms. The Bertz CT molecular complexity index is 1240. The van der Waals surface area contributed by atoms with Gasteiger partial charge in [0, 0.05) is 30.5 Å². The maximum Gasteiger partial charge on any atom is 0.323 e. The van der Waals surface area contributed by atoms with Crippen LogP contribution in [0.2, 0.25) is 0 Å². The summed E-state index contributed by atoms with van der Waals surface area (Å²) in [6.45, 7) is 0.939. The second-order valence-corrected chi connectivity index (χ2v) is 10.3. The molecule has 2 unspecified atom stereocenters. The van der Waals surface area contributed by atoms with Gasteiger partial charge in [0.05, 0.1) is 12.1 Å². The molecule has 3 aromatic rings. The second-order valence-electron chi connectivity index (χ2n) is 10.3. The Balaban J connectivity index is 1.29. The molecule has 0 saturated carbocycles. The number of rotatable bonds is 6. The Kier molecular flexibility index (Phi) is 6.51. The number of urea groups is 1. The van der Waals surface area contributed by atoms with Gasteiger partial charge in [0.15, 0.2) is 6.35 Å². The highest BCUT2D eigenvalue weighted by molar-refractivity contribution is 5.81. The number of piperazine rings is 1. The highest BCUT2D eigenvalue weighted by Gasteiger charge is 2.55. The first kappa shape index (κ1) is 24.5. The zero-order valence-electron chi connectivity index (χ0n) is 21.1. The minimum atomic E-state index is -1.22. The molecule has 3 aromatic carbocycles. The Morgan fingerprint density at radius 2 is 1.39 bits per heavy atom. The third-order valence-electron chi connectivity index (χ3n) is 8.21. The van der Waals surface area contributed by atoms with Gasteiger partial charge >= 0.3 is 12.0 Å². The predicted molar refractivity (Wildman–Crippen MR) is 144 cm³/mol. The van der Waals surface area contributed by atoms with Crippen molar-refractivity contribution in [2.75, 3.05) is 18.0 Å². The van der Waals surface area contributed by atoms with Crippen molar-refractivity contribution in [1.29, 1.82) is 0 Å². The number of aliphatic carboxylic acids is 1. The number of carboxylic acids is 1. The molecule has 196 valence electrons. The van der Waals surface area contributed by atoms with Gasteiger partial charge in [-0.15, -0.1) is 0 Å². The SMILES string of the molecule is O=C(O)[C@@H]1[C@H]2CC[C@@H](CN1C(O)N(c1ccccc1)c1ccccc1)N2C(=O)N1CCC1c1ccccc1. The molecule has 8 nitrogen and oxygen atoms in total.